The van der Waals surface area contributed by atoms with Gasteiger partial charge in [0.05, 0.1) is 48.4 Å². The Bertz CT molecular complexity index is 1030. The van der Waals surface area contributed by atoms with E-state index in [1.54, 1.807) is 35.3 Å². The van der Waals surface area contributed by atoms with Gasteiger partial charge < -0.3 is 9.32 Å². The molecule has 142 valence electrons. The fourth-order valence-corrected chi connectivity index (χ4v) is 2.98. The molecule has 0 bridgehead atoms. The quantitative estimate of drug-likeness (QED) is 0.623. The molecule has 0 aliphatic carbocycles. The normalized spacial score (nSPS) is 10.8. The largest absolute Gasteiger partial charge is 0.463 e. The minimum atomic E-state index is -0.256. The second kappa shape index (κ2) is 8.36. The molecule has 0 spiro atoms. The van der Waals surface area contributed by atoms with Gasteiger partial charge in [-0.1, -0.05) is 0 Å². The van der Waals surface area contributed by atoms with Gasteiger partial charge in [0.1, 0.15) is 5.69 Å². The van der Waals surface area contributed by atoms with E-state index >= 15 is 0 Å². The van der Waals surface area contributed by atoms with Crippen molar-refractivity contribution in [2.45, 2.75) is 32.7 Å². The number of hydrogen-bond donors (Lipinski definition) is 0. The van der Waals surface area contributed by atoms with Gasteiger partial charge in [-0.2, -0.15) is 15.6 Å². The van der Waals surface area contributed by atoms with Crippen LogP contribution in [0.4, 0.5) is 0 Å². The lowest BCUT2D eigenvalue weighted by atomic mass is 10.1. The van der Waals surface area contributed by atoms with Gasteiger partial charge in [0.25, 0.3) is 5.91 Å². The maximum absolute atomic E-state index is 13.3. The molecule has 0 aliphatic heterocycles. The van der Waals surface area contributed by atoms with Gasteiger partial charge in [0.2, 0.25) is 0 Å². The average molecular weight is 376 g/mol. The first-order valence-corrected chi connectivity index (χ1v) is 9.02. The second-order valence-corrected chi connectivity index (χ2v) is 6.56. The number of hydrogen-bond acceptors (Lipinski definition) is 6. The van der Waals surface area contributed by atoms with Gasteiger partial charge in [-0.25, -0.2) is 9.67 Å². The van der Waals surface area contributed by atoms with Crippen molar-refractivity contribution < 1.29 is 9.21 Å². The van der Waals surface area contributed by atoms with Crippen molar-refractivity contribution in [1.29, 1.82) is 10.5 Å². The third-order valence-corrected chi connectivity index (χ3v) is 4.33. The summed E-state index contributed by atoms with van der Waals surface area (Å²) >= 11 is 0. The van der Waals surface area contributed by atoms with E-state index in [1.807, 2.05) is 13.8 Å². The maximum atomic E-state index is 13.3. The van der Waals surface area contributed by atoms with Crippen molar-refractivity contribution in [2.75, 3.05) is 13.1 Å². The number of amides is 1. The fourth-order valence-electron chi connectivity index (χ4n) is 2.98. The zero-order chi connectivity index (χ0) is 20.1. The van der Waals surface area contributed by atoms with Gasteiger partial charge in [0, 0.05) is 19.1 Å². The Labute approximate surface area is 162 Å². The Morgan fingerprint density at radius 2 is 2.00 bits per heavy atom. The first kappa shape index (κ1) is 19.1. The SMILES string of the molecule is CC(C)n1ncc2c(C(=O)N(CCC#N)CCC#N)cc(-c3ccco3)nc21. The van der Waals surface area contributed by atoms with E-state index in [9.17, 15) is 4.79 Å². The zero-order valence-electron chi connectivity index (χ0n) is 15.8. The maximum Gasteiger partial charge on any atom is 0.254 e. The number of nitriles is 2. The highest BCUT2D eigenvalue weighted by Gasteiger charge is 2.23. The molecule has 0 atom stereocenters. The van der Waals surface area contributed by atoms with Crippen molar-refractivity contribution in [2.24, 2.45) is 0 Å². The summed E-state index contributed by atoms with van der Waals surface area (Å²) in [6, 6.07) is 9.38. The molecule has 0 saturated heterocycles. The van der Waals surface area contributed by atoms with E-state index in [1.165, 1.54) is 4.90 Å². The van der Waals surface area contributed by atoms with Crippen LogP contribution in [0.15, 0.2) is 35.1 Å². The molecule has 3 aromatic rings. The lowest BCUT2D eigenvalue weighted by molar-refractivity contribution is 0.0764. The number of carbonyl (C=O) groups is 1. The average Bonchev–Trinajstić information content (AvgIpc) is 3.36. The summed E-state index contributed by atoms with van der Waals surface area (Å²) in [6.07, 6.45) is 3.58. The van der Waals surface area contributed by atoms with Crippen LogP contribution >= 0.6 is 0 Å². The summed E-state index contributed by atoms with van der Waals surface area (Å²) in [5.41, 5.74) is 1.55. The van der Waals surface area contributed by atoms with Crippen molar-refractivity contribution >= 4 is 16.9 Å². The predicted molar refractivity (Wildman–Crippen MR) is 102 cm³/mol. The van der Waals surface area contributed by atoms with Crippen LogP contribution in [0.1, 0.15) is 43.1 Å². The first-order valence-electron chi connectivity index (χ1n) is 9.02. The number of pyridine rings is 1. The van der Waals surface area contributed by atoms with Crippen LogP contribution in [0.25, 0.3) is 22.5 Å². The molecule has 0 saturated carbocycles. The van der Waals surface area contributed by atoms with E-state index in [0.29, 0.717) is 28.1 Å². The Morgan fingerprint density at radius 1 is 1.29 bits per heavy atom. The van der Waals surface area contributed by atoms with Crippen molar-refractivity contribution in [3.8, 4) is 23.6 Å². The lowest BCUT2D eigenvalue weighted by Gasteiger charge is -2.21. The highest BCUT2D eigenvalue weighted by Crippen LogP contribution is 2.27. The summed E-state index contributed by atoms with van der Waals surface area (Å²) in [5.74, 6) is 0.294. The molecular weight excluding hydrogens is 356 g/mol. The van der Waals surface area contributed by atoms with Crippen molar-refractivity contribution in [3.63, 3.8) is 0 Å². The molecule has 3 heterocycles. The van der Waals surface area contributed by atoms with Gasteiger partial charge >= 0.3 is 0 Å². The molecule has 0 aliphatic rings. The summed E-state index contributed by atoms with van der Waals surface area (Å²) in [4.78, 5) is 19.5. The molecule has 1 amide bonds. The Hall–Kier alpha value is -3.65. The van der Waals surface area contributed by atoms with Crippen molar-refractivity contribution in [1.82, 2.24) is 19.7 Å². The Balaban J connectivity index is 2.13. The highest BCUT2D eigenvalue weighted by molar-refractivity contribution is 6.06. The van der Waals surface area contributed by atoms with E-state index in [0.717, 1.165) is 0 Å². The van der Waals surface area contributed by atoms with Crippen LogP contribution in [0.3, 0.4) is 0 Å². The summed E-state index contributed by atoms with van der Waals surface area (Å²) in [5, 5.41) is 22.8. The van der Waals surface area contributed by atoms with Crippen LogP contribution in [-0.2, 0) is 0 Å². The molecule has 0 N–H and O–H groups in total. The molecular formula is C20H20N6O2. The first-order chi connectivity index (χ1) is 13.6. The van der Waals surface area contributed by atoms with Crippen LogP contribution in [0, 0.1) is 22.7 Å². The zero-order valence-corrected chi connectivity index (χ0v) is 15.8. The summed E-state index contributed by atoms with van der Waals surface area (Å²) in [6.45, 7) is 4.49. The number of fused-ring (bicyclic) bond motifs is 1. The van der Waals surface area contributed by atoms with E-state index in [-0.39, 0.29) is 37.9 Å². The fraction of sp³-hybridized carbons (Fsp3) is 0.350. The molecule has 28 heavy (non-hydrogen) atoms. The minimum absolute atomic E-state index is 0.0630. The number of nitrogens with zero attached hydrogens (tertiary/aromatic N) is 6. The van der Waals surface area contributed by atoms with E-state index < -0.39 is 0 Å². The van der Waals surface area contributed by atoms with Crippen molar-refractivity contribution in [3.05, 3.63) is 36.2 Å². The number of aromatic nitrogens is 3. The Kier molecular flexibility index (Phi) is 5.71. The summed E-state index contributed by atoms with van der Waals surface area (Å²) < 4.78 is 7.22. The minimum Gasteiger partial charge on any atom is -0.463 e. The van der Waals surface area contributed by atoms with Crippen LogP contribution in [-0.4, -0.2) is 38.7 Å². The monoisotopic (exact) mass is 376 g/mol. The van der Waals surface area contributed by atoms with Gasteiger partial charge in [0.15, 0.2) is 11.4 Å². The molecule has 8 nitrogen and oxygen atoms in total. The van der Waals surface area contributed by atoms with Gasteiger partial charge in [-0.3, -0.25) is 4.79 Å². The van der Waals surface area contributed by atoms with Crippen LogP contribution in [0.5, 0.6) is 0 Å². The highest BCUT2D eigenvalue weighted by atomic mass is 16.3. The molecule has 0 unspecified atom stereocenters. The molecule has 0 aromatic carbocycles. The third-order valence-electron chi connectivity index (χ3n) is 4.33. The topological polar surface area (TPSA) is 112 Å². The van der Waals surface area contributed by atoms with Gasteiger partial charge in [-0.15, -0.1) is 0 Å². The second-order valence-electron chi connectivity index (χ2n) is 6.56. The molecule has 8 heteroatoms. The lowest BCUT2D eigenvalue weighted by Crippen LogP contribution is -2.33. The number of rotatable bonds is 7. The standard InChI is InChI=1S/C20H20N6O2/c1-14(2)26-19-16(13-23-26)15(12-17(24-19)18-6-3-11-28-18)20(27)25(9-4-7-21)10-5-8-22/h3,6,11-14H,4-5,9-10H2,1-2H3. The van der Waals surface area contributed by atoms with Crippen LogP contribution in [0.2, 0.25) is 0 Å². The predicted octanol–water partition coefficient (Wildman–Crippen LogP) is 3.54. The summed E-state index contributed by atoms with van der Waals surface area (Å²) in [7, 11) is 0. The van der Waals surface area contributed by atoms with Crippen LogP contribution < -0.4 is 0 Å². The third kappa shape index (κ3) is 3.72. The smallest absolute Gasteiger partial charge is 0.254 e. The molecule has 3 rings (SSSR count). The number of furan rings is 1. The molecule has 3 aromatic heterocycles. The number of carbonyl (C=O) groups excluding carboxylic acids is 1. The Morgan fingerprint density at radius 3 is 2.57 bits per heavy atom. The molecule has 0 radical (unpaired) electrons. The molecule has 0 fully saturated rings. The van der Waals surface area contributed by atoms with E-state index in [4.69, 9.17) is 14.9 Å². The van der Waals surface area contributed by atoms with E-state index in [2.05, 4.69) is 22.2 Å². The van der Waals surface area contributed by atoms with Gasteiger partial charge in [-0.05, 0) is 32.0 Å².